The van der Waals surface area contributed by atoms with E-state index >= 15 is 0 Å². The third-order valence-electron chi connectivity index (χ3n) is 4.86. The van der Waals surface area contributed by atoms with Crippen LogP contribution >= 0.6 is 23.2 Å². The summed E-state index contributed by atoms with van der Waals surface area (Å²) in [4.78, 5) is 27.2. The molecule has 0 bridgehead atoms. The number of hydrogen-bond acceptors (Lipinski definition) is 4. The van der Waals surface area contributed by atoms with Crippen LogP contribution in [0, 0.1) is 6.92 Å². The molecule has 1 atom stereocenters. The second kappa shape index (κ2) is 11.0. The van der Waals surface area contributed by atoms with E-state index in [1.54, 1.807) is 13.8 Å². The molecule has 0 fully saturated rings. The lowest BCUT2D eigenvalue weighted by atomic mass is 10.1. The molecule has 0 heterocycles. The molecule has 2 rings (SSSR count). The average Bonchev–Trinajstić information content (AvgIpc) is 2.72. The molecule has 0 aliphatic heterocycles. The number of hydrogen-bond donors (Lipinski definition) is 1. The number of nitrogens with zero attached hydrogens (tertiary/aromatic N) is 2. The molecule has 2 amide bonds. The van der Waals surface area contributed by atoms with Crippen molar-refractivity contribution >= 4 is 50.7 Å². The van der Waals surface area contributed by atoms with Crippen molar-refractivity contribution in [3.05, 3.63) is 63.6 Å². The molecule has 2 aromatic carbocycles. The minimum Gasteiger partial charge on any atom is -0.355 e. The smallest absolute Gasteiger partial charge is 0.244 e. The summed E-state index contributed by atoms with van der Waals surface area (Å²) < 4.78 is 25.9. The molecule has 0 unspecified atom stereocenters. The van der Waals surface area contributed by atoms with Gasteiger partial charge in [-0.2, -0.15) is 0 Å². The lowest BCUT2D eigenvalue weighted by Crippen LogP contribution is -2.51. The van der Waals surface area contributed by atoms with E-state index < -0.39 is 28.5 Å². The van der Waals surface area contributed by atoms with Crippen molar-refractivity contribution in [2.75, 3.05) is 23.7 Å². The van der Waals surface area contributed by atoms with Gasteiger partial charge in [0.15, 0.2) is 0 Å². The number of nitrogens with one attached hydrogen (secondary N) is 1. The van der Waals surface area contributed by atoms with Gasteiger partial charge in [0.25, 0.3) is 0 Å². The molecule has 1 N–H and O–H groups in total. The number of benzene rings is 2. The van der Waals surface area contributed by atoms with Crippen molar-refractivity contribution in [2.45, 2.75) is 33.4 Å². The van der Waals surface area contributed by atoms with Gasteiger partial charge in [0, 0.05) is 13.1 Å². The minimum absolute atomic E-state index is 0.149. The maximum atomic E-state index is 13.3. The first-order chi connectivity index (χ1) is 14.9. The lowest BCUT2D eigenvalue weighted by molar-refractivity contribution is -0.139. The molecule has 2 aromatic rings. The molecule has 0 aliphatic rings. The second-order valence-corrected chi connectivity index (χ2v) is 10.2. The Bertz CT molecular complexity index is 1080. The van der Waals surface area contributed by atoms with Crippen molar-refractivity contribution in [1.82, 2.24) is 10.2 Å². The normalized spacial score (nSPS) is 12.2. The van der Waals surface area contributed by atoms with Crippen LogP contribution in [0.3, 0.4) is 0 Å². The highest BCUT2D eigenvalue weighted by atomic mass is 35.5. The lowest BCUT2D eigenvalue weighted by Gasteiger charge is -2.31. The third-order valence-corrected chi connectivity index (χ3v) is 6.74. The van der Waals surface area contributed by atoms with Gasteiger partial charge in [0.1, 0.15) is 12.6 Å². The van der Waals surface area contributed by atoms with Crippen LogP contribution in [-0.4, -0.2) is 50.5 Å². The maximum Gasteiger partial charge on any atom is 0.244 e. The number of anilines is 1. The highest BCUT2D eigenvalue weighted by Crippen LogP contribution is 2.28. The molecule has 10 heteroatoms. The predicted molar refractivity (Wildman–Crippen MR) is 129 cm³/mol. The number of carbonyl (C=O) groups excluding carboxylic acids is 2. The molecule has 0 saturated heterocycles. The average molecular weight is 500 g/mol. The summed E-state index contributed by atoms with van der Waals surface area (Å²) >= 11 is 12.0. The van der Waals surface area contributed by atoms with E-state index in [2.05, 4.69) is 5.32 Å². The SMILES string of the molecule is CCNC(=O)[C@H](C)N(Cc1ccc(C)cc1)C(=O)CN(c1ccc(Cl)c(Cl)c1)S(C)(=O)=O. The maximum absolute atomic E-state index is 13.3. The highest BCUT2D eigenvalue weighted by Gasteiger charge is 2.30. The fourth-order valence-corrected chi connectivity index (χ4v) is 4.18. The number of sulfonamides is 1. The Labute approximate surface area is 199 Å². The predicted octanol–water partition coefficient (Wildman–Crippen LogP) is 3.62. The van der Waals surface area contributed by atoms with Crippen LogP contribution in [0.2, 0.25) is 10.0 Å². The number of amides is 2. The van der Waals surface area contributed by atoms with Crippen LogP contribution in [0.5, 0.6) is 0 Å². The highest BCUT2D eigenvalue weighted by molar-refractivity contribution is 7.92. The molecule has 7 nitrogen and oxygen atoms in total. The molecular formula is C22H27Cl2N3O4S. The van der Waals surface area contributed by atoms with Crippen molar-refractivity contribution in [3.8, 4) is 0 Å². The summed E-state index contributed by atoms with van der Waals surface area (Å²) in [6.45, 7) is 5.41. The van der Waals surface area contributed by atoms with Crippen LogP contribution in [0.4, 0.5) is 5.69 Å². The van der Waals surface area contributed by atoms with Gasteiger partial charge in [0.05, 0.1) is 22.0 Å². The zero-order chi connectivity index (χ0) is 24.1. The Balaban J connectivity index is 2.39. The van der Waals surface area contributed by atoms with E-state index in [9.17, 15) is 18.0 Å². The Morgan fingerprint density at radius 1 is 1.06 bits per heavy atom. The van der Waals surface area contributed by atoms with E-state index in [0.29, 0.717) is 6.54 Å². The minimum atomic E-state index is -3.83. The largest absolute Gasteiger partial charge is 0.355 e. The molecule has 0 aliphatic carbocycles. The van der Waals surface area contributed by atoms with E-state index in [0.717, 1.165) is 21.7 Å². The van der Waals surface area contributed by atoms with E-state index in [-0.39, 0.29) is 28.2 Å². The van der Waals surface area contributed by atoms with Gasteiger partial charge >= 0.3 is 0 Å². The summed E-state index contributed by atoms with van der Waals surface area (Å²) in [5, 5.41) is 3.14. The monoisotopic (exact) mass is 499 g/mol. The number of rotatable bonds is 9. The van der Waals surface area contributed by atoms with Crippen molar-refractivity contribution in [3.63, 3.8) is 0 Å². The van der Waals surface area contributed by atoms with Crippen molar-refractivity contribution in [1.29, 1.82) is 0 Å². The van der Waals surface area contributed by atoms with Gasteiger partial charge in [-0.25, -0.2) is 8.42 Å². The molecule has 0 saturated carbocycles. The van der Waals surface area contributed by atoms with E-state index in [4.69, 9.17) is 23.2 Å². The zero-order valence-electron chi connectivity index (χ0n) is 18.4. The zero-order valence-corrected chi connectivity index (χ0v) is 20.8. The molecule has 0 aromatic heterocycles. The van der Waals surface area contributed by atoms with Gasteiger partial charge in [0.2, 0.25) is 21.8 Å². The fourth-order valence-electron chi connectivity index (χ4n) is 3.05. The first kappa shape index (κ1) is 26.0. The Kier molecular flexibility index (Phi) is 8.95. The Hall–Kier alpha value is -2.29. The number of halogens is 2. The molecular weight excluding hydrogens is 473 g/mol. The van der Waals surface area contributed by atoms with Crippen LogP contribution in [-0.2, 0) is 26.2 Å². The number of aryl methyl sites for hydroxylation is 1. The summed E-state index contributed by atoms with van der Waals surface area (Å²) in [5.74, 6) is -0.853. The quantitative estimate of drug-likeness (QED) is 0.570. The Morgan fingerprint density at radius 2 is 1.69 bits per heavy atom. The van der Waals surface area contributed by atoms with Crippen molar-refractivity contribution < 1.29 is 18.0 Å². The van der Waals surface area contributed by atoms with Crippen LogP contribution in [0.15, 0.2) is 42.5 Å². The van der Waals surface area contributed by atoms with Gasteiger partial charge < -0.3 is 10.2 Å². The fraction of sp³-hybridized carbons (Fsp3) is 0.364. The Morgan fingerprint density at radius 3 is 2.22 bits per heavy atom. The van der Waals surface area contributed by atoms with E-state index in [1.165, 1.54) is 23.1 Å². The van der Waals surface area contributed by atoms with Gasteiger partial charge in [-0.3, -0.25) is 13.9 Å². The molecule has 32 heavy (non-hydrogen) atoms. The van der Waals surface area contributed by atoms with E-state index in [1.807, 2.05) is 31.2 Å². The molecule has 0 spiro atoms. The van der Waals surface area contributed by atoms with Crippen molar-refractivity contribution in [2.24, 2.45) is 0 Å². The molecule has 174 valence electrons. The van der Waals surface area contributed by atoms with Crippen LogP contribution < -0.4 is 9.62 Å². The second-order valence-electron chi connectivity index (χ2n) is 7.45. The number of carbonyl (C=O) groups is 2. The topological polar surface area (TPSA) is 86.8 Å². The summed E-state index contributed by atoms with van der Waals surface area (Å²) in [5.41, 5.74) is 2.09. The van der Waals surface area contributed by atoms with Gasteiger partial charge in [-0.15, -0.1) is 0 Å². The van der Waals surface area contributed by atoms with Crippen LogP contribution in [0.25, 0.3) is 0 Å². The third kappa shape index (κ3) is 6.85. The first-order valence-corrected chi connectivity index (χ1v) is 12.6. The summed E-state index contributed by atoms with van der Waals surface area (Å²) in [6.07, 6.45) is 1.00. The van der Waals surface area contributed by atoms with Crippen LogP contribution in [0.1, 0.15) is 25.0 Å². The van der Waals surface area contributed by atoms with Gasteiger partial charge in [-0.05, 0) is 44.5 Å². The number of likely N-dealkylation sites (N-methyl/N-ethyl adjacent to an activating group) is 1. The summed E-state index contributed by atoms with van der Waals surface area (Å²) in [6, 6.07) is 11.1. The molecule has 0 radical (unpaired) electrons. The van der Waals surface area contributed by atoms with Gasteiger partial charge in [-0.1, -0.05) is 53.0 Å². The standard InChI is InChI=1S/C22H27Cl2N3O4S/c1-5-25-22(29)16(3)26(13-17-8-6-15(2)7-9-17)21(28)14-27(32(4,30)31)18-10-11-19(23)20(24)12-18/h6-12,16H,5,13-14H2,1-4H3,(H,25,29)/t16-/m0/s1. The first-order valence-electron chi connectivity index (χ1n) is 9.99. The summed E-state index contributed by atoms with van der Waals surface area (Å²) in [7, 11) is -3.83.